The number of cyclic esters (lactones) is 2. The van der Waals surface area contributed by atoms with E-state index in [0.29, 0.717) is 6.79 Å². The number of halogens is 6. The van der Waals surface area contributed by atoms with E-state index in [0.717, 1.165) is 0 Å². The minimum absolute atomic E-state index is 0. The number of hydrogen-bond acceptors (Lipinski definition) is 8. The number of carbonyl (C=O) groups is 2. The maximum atomic E-state index is 10.6. The molecule has 0 aromatic carbocycles. The van der Waals surface area contributed by atoms with Crippen molar-refractivity contribution in [3.8, 4) is 0 Å². The fourth-order valence-corrected chi connectivity index (χ4v) is 1.35. The standard InChI is InChI=1S/C7H12O3.C7H14O2.C6H14O2.CH2O3.2CH4.AsCl3.Cl3P/c1-6(2)7(3,4)10-5(8)9-6;1-6(2)7(3,4)9-5-8-6;1-5(2,7)6(3,4)8;2-1(3)4;;;2-1(3)4;1-4(2)3/h1-4H3;5H2,1-4H3;7-8H,1-4H3;(H2,2,3,4);2*1H4;;. The summed E-state index contributed by atoms with van der Waals surface area (Å²) in [6.45, 7) is 22.2. The summed E-state index contributed by atoms with van der Waals surface area (Å²) in [7, 11) is 14.9. The first-order valence-corrected chi connectivity index (χ1v) is 22.3. The molecular weight excluding hydrogens is 755 g/mol. The number of carboxylic acid groups (broad SMARTS) is 2. The molecule has 2 fully saturated rings. The Morgan fingerprint density at radius 3 is 0.951 bits per heavy atom. The van der Waals surface area contributed by atoms with E-state index in [-0.39, 0.29) is 26.1 Å². The van der Waals surface area contributed by atoms with Crippen LogP contribution in [0.1, 0.15) is 97.9 Å². The Bertz CT molecular complexity index is 655. The van der Waals surface area contributed by atoms with Crippen molar-refractivity contribution in [3.05, 3.63) is 0 Å². The summed E-state index contributed by atoms with van der Waals surface area (Å²) in [5, 5.41) is 32.2. The Morgan fingerprint density at radius 1 is 0.732 bits per heavy atom. The molecule has 2 heterocycles. The molecule has 0 aliphatic carbocycles. The zero-order chi connectivity index (χ0) is 32.8. The molecule has 41 heavy (non-hydrogen) atoms. The number of rotatable bonds is 1. The fourth-order valence-electron chi connectivity index (χ4n) is 1.35. The van der Waals surface area contributed by atoms with E-state index in [1.54, 1.807) is 27.7 Å². The van der Waals surface area contributed by atoms with Gasteiger partial charge in [0.1, 0.15) is 18.0 Å². The third kappa shape index (κ3) is 29.6. The Morgan fingerprint density at radius 2 is 0.902 bits per heavy atom. The van der Waals surface area contributed by atoms with E-state index < -0.39 is 52.5 Å². The van der Waals surface area contributed by atoms with Gasteiger partial charge in [-0.15, -0.1) is 0 Å². The van der Waals surface area contributed by atoms with Crippen molar-refractivity contribution >= 4 is 93.7 Å². The molecule has 2 saturated heterocycles. The van der Waals surface area contributed by atoms with E-state index in [9.17, 15) is 4.79 Å². The van der Waals surface area contributed by atoms with Crippen molar-refractivity contribution in [1.82, 2.24) is 0 Å². The van der Waals surface area contributed by atoms with Gasteiger partial charge in [0.2, 0.25) is 0 Å². The molecule has 2 aliphatic heterocycles. The van der Waals surface area contributed by atoms with Crippen molar-refractivity contribution in [3.63, 3.8) is 0 Å². The van der Waals surface area contributed by atoms with Crippen LogP contribution in [0.15, 0.2) is 0 Å². The third-order valence-corrected chi connectivity index (χ3v) is 5.91. The van der Waals surface area contributed by atoms with Crippen LogP contribution >= 0.6 is 69.6 Å². The van der Waals surface area contributed by atoms with Gasteiger partial charge < -0.3 is 39.4 Å². The molecule has 0 amide bonds. The van der Waals surface area contributed by atoms with Crippen LogP contribution in [0.3, 0.4) is 0 Å². The van der Waals surface area contributed by atoms with Crippen LogP contribution in [-0.2, 0) is 18.9 Å². The Hall–Kier alpha value is 1.11. The molecule has 0 aromatic heterocycles. The van der Waals surface area contributed by atoms with Crippen molar-refractivity contribution in [2.75, 3.05) is 6.79 Å². The Balaban J connectivity index is -0.0000000927. The summed E-state index contributed by atoms with van der Waals surface area (Å²) in [5.74, 6) is -1.20. The zero-order valence-electron chi connectivity index (χ0n) is 24.1. The maximum absolute atomic E-state index is 10.6. The predicted molar refractivity (Wildman–Crippen MR) is 175 cm³/mol. The summed E-state index contributed by atoms with van der Waals surface area (Å²) in [5.41, 5.74) is -3.30. The minimum Gasteiger partial charge on any atom is -0.450 e. The zero-order valence-corrected chi connectivity index (χ0v) is 31.4. The number of aliphatic hydroxyl groups is 2. The smallest absolute Gasteiger partial charge is 0.450 e. The molecule has 0 saturated carbocycles. The molecule has 0 bridgehead atoms. The molecule has 4 N–H and O–H groups in total. The average molecular weight is 805 g/mol. The monoisotopic (exact) mass is 802 g/mol. The van der Waals surface area contributed by atoms with Gasteiger partial charge in [0.05, 0.1) is 22.4 Å². The predicted octanol–water partition coefficient (Wildman–Crippen LogP) is 9.90. The molecule has 0 spiro atoms. The van der Waals surface area contributed by atoms with E-state index >= 15 is 0 Å². The molecule has 254 valence electrons. The van der Waals surface area contributed by atoms with Crippen molar-refractivity contribution in [2.24, 2.45) is 0 Å². The number of carbonyl (C=O) groups excluding carboxylic acids is 1. The fraction of sp³-hybridized carbons (Fsp3) is 0.913. The molecule has 18 heteroatoms. The van der Waals surface area contributed by atoms with Crippen LogP contribution in [0.2, 0.25) is 0 Å². The second-order valence-electron chi connectivity index (χ2n) is 10.7. The summed E-state index contributed by atoms with van der Waals surface area (Å²) in [6, 6.07) is 0. The third-order valence-electron chi connectivity index (χ3n) is 5.91. The Kier molecular flexibility index (Phi) is 30.1. The van der Waals surface area contributed by atoms with E-state index in [1.807, 2.05) is 55.4 Å². The van der Waals surface area contributed by atoms with Gasteiger partial charge >= 0.3 is 54.0 Å². The number of hydrogen-bond donors (Lipinski definition) is 4. The molecule has 0 radical (unpaired) electrons. The summed E-state index contributed by atoms with van der Waals surface area (Å²) in [4.78, 5) is 19.2. The van der Waals surface area contributed by atoms with Gasteiger partial charge in [-0.2, -0.15) is 0 Å². The second kappa shape index (κ2) is 22.6. The van der Waals surface area contributed by atoms with E-state index in [2.05, 4.69) is 0 Å². The van der Waals surface area contributed by atoms with Crippen molar-refractivity contribution in [1.29, 1.82) is 0 Å². The molecule has 2 aliphatic rings. The molecule has 10 nitrogen and oxygen atoms in total. The van der Waals surface area contributed by atoms with Gasteiger partial charge in [-0.1, -0.05) is 48.6 Å². The van der Waals surface area contributed by atoms with E-state index in [4.69, 9.17) is 108 Å². The summed E-state index contributed by atoms with van der Waals surface area (Å²) in [6.07, 6.45) is -2.41. The normalized spacial score (nSPS) is 18.5. The quantitative estimate of drug-likeness (QED) is 0.115. The minimum atomic E-state index is -1.83. The first kappa shape index (κ1) is 54.6. The van der Waals surface area contributed by atoms with Crippen LogP contribution in [0.25, 0.3) is 0 Å². The first-order chi connectivity index (χ1) is 16.8. The van der Waals surface area contributed by atoms with Gasteiger partial charge in [-0.05, 0) is 83.1 Å². The van der Waals surface area contributed by atoms with Crippen LogP contribution in [-0.4, -0.2) is 85.0 Å². The molecule has 0 atom stereocenters. The second-order valence-corrected chi connectivity index (χ2v) is 24.4. The largest absolute Gasteiger partial charge is 0.503 e. The average Bonchev–Trinajstić information content (AvgIpc) is 2.92. The molecule has 2 rings (SSSR count). The van der Waals surface area contributed by atoms with Crippen LogP contribution in [0.5, 0.6) is 0 Å². The molecule has 0 aromatic rings. The van der Waals surface area contributed by atoms with Gasteiger partial charge in [0, 0.05) is 0 Å². The van der Waals surface area contributed by atoms with Gasteiger partial charge in [-0.25, -0.2) is 9.59 Å². The number of ether oxygens (including phenoxy) is 4. The SMILES string of the molecule is C.C.CC(C)(O)C(C)(C)O.CC1(C)OC(=O)OC1(C)C.CC1(C)OCOC1(C)C.ClP(Cl)Cl.Cl[As](Cl)Cl.O=C(O)O. The van der Waals surface area contributed by atoms with Gasteiger partial charge in [0.25, 0.3) is 0 Å². The maximum Gasteiger partial charge on any atom is 0.503 e. The van der Waals surface area contributed by atoms with Crippen LogP contribution in [0, 0.1) is 0 Å². The molecule has 0 unspecified atom stereocenters. The van der Waals surface area contributed by atoms with E-state index in [1.165, 1.54) is 0 Å². The topological polar surface area (TPSA) is 152 Å². The molecular formula is C23H50AsCl6O10P. The summed E-state index contributed by atoms with van der Waals surface area (Å²) >= 11 is 12.8. The Labute approximate surface area is 279 Å². The first-order valence-electron chi connectivity index (χ1n) is 10.9. The summed E-state index contributed by atoms with van der Waals surface area (Å²) < 4.78 is 20.5. The van der Waals surface area contributed by atoms with Crippen LogP contribution < -0.4 is 0 Å². The van der Waals surface area contributed by atoms with Crippen molar-refractivity contribution in [2.45, 2.75) is 132 Å². The van der Waals surface area contributed by atoms with Gasteiger partial charge in [-0.3, -0.25) is 0 Å². The van der Waals surface area contributed by atoms with Gasteiger partial charge in [0.15, 0.2) is 5.98 Å². The van der Waals surface area contributed by atoms with Crippen LogP contribution in [0.4, 0.5) is 9.59 Å². The van der Waals surface area contributed by atoms with Crippen molar-refractivity contribution < 1.29 is 49.0 Å².